The topological polar surface area (TPSA) is 92.4 Å². The molecule has 0 saturated heterocycles. The molecule has 16 heavy (non-hydrogen) atoms. The molecule has 0 aromatic heterocycles. The number of aliphatic carboxylic acids is 1. The smallest absolute Gasteiger partial charge is 0.305 e. The molecule has 1 rings (SSSR count). The summed E-state index contributed by atoms with van der Waals surface area (Å²) in [6.45, 7) is 1.85. The summed E-state index contributed by atoms with van der Waals surface area (Å²) >= 11 is 0. The van der Waals surface area contributed by atoms with E-state index in [1.165, 1.54) is 0 Å². The summed E-state index contributed by atoms with van der Waals surface area (Å²) < 4.78 is 0. The molecule has 0 heterocycles. The molecule has 1 aliphatic carbocycles. The zero-order chi connectivity index (χ0) is 12.1. The van der Waals surface area contributed by atoms with Crippen LogP contribution in [0.4, 0.5) is 0 Å². The van der Waals surface area contributed by atoms with Crippen LogP contribution in [0.3, 0.4) is 0 Å². The number of carboxylic acid groups (broad SMARTS) is 1. The highest BCUT2D eigenvalue weighted by atomic mass is 16.4. The fraction of sp³-hybridized carbons (Fsp3) is 0.818. The minimum absolute atomic E-state index is 0.00426. The van der Waals surface area contributed by atoms with Crippen LogP contribution in [-0.4, -0.2) is 29.1 Å². The molecule has 0 aromatic rings. The Bertz CT molecular complexity index is 262. The molecule has 1 amide bonds. The molecule has 0 bridgehead atoms. The summed E-state index contributed by atoms with van der Waals surface area (Å²) in [5.41, 5.74) is 5.55. The van der Waals surface area contributed by atoms with Crippen LogP contribution in [-0.2, 0) is 9.59 Å². The van der Waals surface area contributed by atoms with Crippen LogP contribution < -0.4 is 11.1 Å². The van der Waals surface area contributed by atoms with E-state index in [4.69, 9.17) is 10.8 Å². The van der Waals surface area contributed by atoms with E-state index in [0.717, 1.165) is 12.8 Å². The van der Waals surface area contributed by atoms with Gasteiger partial charge in [0.1, 0.15) is 0 Å². The molecule has 4 N–H and O–H groups in total. The number of amides is 1. The molecule has 5 heteroatoms. The maximum atomic E-state index is 11.5. The molecular weight excluding hydrogens is 208 g/mol. The van der Waals surface area contributed by atoms with E-state index in [9.17, 15) is 9.59 Å². The second-order valence-electron chi connectivity index (χ2n) is 4.63. The summed E-state index contributed by atoms with van der Waals surface area (Å²) in [5.74, 6) is -0.588. The Morgan fingerprint density at radius 2 is 2.12 bits per heavy atom. The summed E-state index contributed by atoms with van der Waals surface area (Å²) in [7, 11) is 0. The maximum absolute atomic E-state index is 11.5. The lowest BCUT2D eigenvalue weighted by Gasteiger charge is -2.16. The third-order valence-electron chi connectivity index (χ3n) is 2.76. The lowest BCUT2D eigenvalue weighted by Crippen LogP contribution is -2.38. The molecule has 0 radical (unpaired) electrons. The monoisotopic (exact) mass is 228 g/mol. The minimum Gasteiger partial charge on any atom is -0.481 e. The minimum atomic E-state index is -0.857. The van der Waals surface area contributed by atoms with Gasteiger partial charge in [-0.3, -0.25) is 9.59 Å². The SMILES string of the molecule is CC(N)CCC(=O)NC(CC(=O)O)C1CC1. The maximum Gasteiger partial charge on any atom is 0.305 e. The van der Waals surface area contributed by atoms with Gasteiger partial charge in [0.25, 0.3) is 0 Å². The number of hydrogen-bond acceptors (Lipinski definition) is 3. The van der Waals surface area contributed by atoms with E-state index < -0.39 is 5.97 Å². The molecule has 2 unspecified atom stereocenters. The predicted molar refractivity (Wildman–Crippen MR) is 59.8 cm³/mol. The van der Waals surface area contributed by atoms with E-state index in [-0.39, 0.29) is 24.4 Å². The van der Waals surface area contributed by atoms with Crippen molar-refractivity contribution in [2.24, 2.45) is 11.7 Å². The van der Waals surface area contributed by atoms with Crippen LogP contribution in [0.2, 0.25) is 0 Å². The average molecular weight is 228 g/mol. The van der Waals surface area contributed by atoms with Gasteiger partial charge in [0.15, 0.2) is 0 Å². The van der Waals surface area contributed by atoms with Gasteiger partial charge in [0.2, 0.25) is 5.91 Å². The fourth-order valence-corrected chi connectivity index (χ4v) is 1.66. The lowest BCUT2D eigenvalue weighted by atomic mass is 10.1. The zero-order valence-corrected chi connectivity index (χ0v) is 9.61. The summed E-state index contributed by atoms with van der Waals surface area (Å²) in [4.78, 5) is 22.1. The third kappa shape index (κ3) is 5.11. The molecule has 5 nitrogen and oxygen atoms in total. The van der Waals surface area contributed by atoms with Gasteiger partial charge < -0.3 is 16.2 Å². The van der Waals surface area contributed by atoms with E-state index in [1.807, 2.05) is 6.92 Å². The number of nitrogens with two attached hydrogens (primary N) is 1. The van der Waals surface area contributed by atoms with Crippen LogP contribution in [0.5, 0.6) is 0 Å². The first kappa shape index (κ1) is 13.0. The first-order valence-electron chi connectivity index (χ1n) is 5.75. The van der Waals surface area contributed by atoms with Gasteiger partial charge >= 0.3 is 5.97 Å². The van der Waals surface area contributed by atoms with Gasteiger partial charge in [0, 0.05) is 18.5 Å². The van der Waals surface area contributed by atoms with Crippen molar-refractivity contribution in [3.63, 3.8) is 0 Å². The Balaban J connectivity index is 2.30. The van der Waals surface area contributed by atoms with E-state index in [2.05, 4.69) is 5.32 Å². The second-order valence-corrected chi connectivity index (χ2v) is 4.63. The van der Waals surface area contributed by atoms with Crippen molar-refractivity contribution in [3.8, 4) is 0 Å². The first-order chi connectivity index (χ1) is 7.49. The number of carbonyl (C=O) groups is 2. The van der Waals surface area contributed by atoms with Gasteiger partial charge in [-0.05, 0) is 32.1 Å². The molecule has 1 fully saturated rings. The Hall–Kier alpha value is -1.10. The Labute approximate surface area is 95.4 Å². The van der Waals surface area contributed by atoms with Crippen molar-refractivity contribution in [1.29, 1.82) is 0 Å². The van der Waals surface area contributed by atoms with Crippen molar-refractivity contribution in [3.05, 3.63) is 0 Å². The Kier molecular flexibility index (Phi) is 4.73. The molecule has 1 aliphatic rings. The van der Waals surface area contributed by atoms with E-state index >= 15 is 0 Å². The van der Waals surface area contributed by atoms with Crippen LogP contribution in [0, 0.1) is 5.92 Å². The molecule has 0 aromatic carbocycles. The highest BCUT2D eigenvalue weighted by Crippen LogP contribution is 2.34. The number of carboxylic acids is 1. The second kappa shape index (κ2) is 5.84. The quantitative estimate of drug-likeness (QED) is 0.591. The largest absolute Gasteiger partial charge is 0.481 e. The summed E-state index contributed by atoms with van der Waals surface area (Å²) in [6, 6.07) is -0.192. The molecule has 0 spiro atoms. The summed E-state index contributed by atoms with van der Waals surface area (Å²) in [5, 5.41) is 11.5. The van der Waals surface area contributed by atoms with Crippen molar-refractivity contribution in [2.75, 3.05) is 0 Å². The molecule has 0 aliphatic heterocycles. The Morgan fingerprint density at radius 1 is 1.50 bits per heavy atom. The van der Waals surface area contributed by atoms with Crippen molar-refractivity contribution in [1.82, 2.24) is 5.32 Å². The third-order valence-corrected chi connectivity index (χ3v) is 2.76. The highest BCUT2D eigenvalue weighted by molar-refractivity contribution is 5.77. The predicted octanol–water partition coefficient (Wildman–Crippen LogP) is 0.483. The fourth-order valence-electron chi connectivity index (χ4n) is 1.66. The Morgan fingerprint density at radius 3 is 2.56 bits per heavy atom. The first-order valence-corrected chi connectivity index (χ1v) is 5.75. The van der Waals surface area contributed by atoms with Gasteiger partial charge in [-0.25, -0.2) is 0 Å². The highest BCUT2D eigenvalue weighted by Gasteiger charge is 2.33. The van der Waals surface area contributed by atoms with E-state index in [1.54, 1.807) is 0 Å². The van der Waals surface area contributed by atoms with Gasteiger partial charge in [-0.2, -0.15) is 0 Å². The standard InChI is InChI=1S/C11H20N2O3/c1-7(12)2-5-10(14)13-9(6-11(15)16)8-3-4-8/h7-9H,2-6,12H2,1H3,(H,13,14)(H,15,16). The number of nitrogens with one attached hydrogen (secondary N) is 1. The molecule has 1 saturated carbocycles. The van der Waals surface area contributed by atoms with Gasteiger partial charge in [-0.15, -0.1) is 0 Å². The van der Waals surface area contributed by atoms with Crippen molar-refractivity contribution >= 4 is 11.9 Å². The average Bonchev–Trinajstić information content (AvgIpc) is 2.96. The number of hydrogen-bond donors (Lipinski definition) is 3. The van der Waals surface area contributed by atoms with Crippen LogP contribution in [0.25, 0.3) is 0 Å². The number of rotatable bonds is 7. The van der Waals surface area contributed by atoms with Gasteiger partial charge in [0.05, 0.1) is 6.42 Å². The van der Waals surface area contributed by atoms with Gasteiger partial charge in [-0.1, -0.05) is 0 Å². The van der Waals surface area contributed by atoms with Crippen LogP contribution in [0.1, 0.15) is 39.0 Å². The normalized spacial score (nSPS) is 18.9. The van der Waals surface area contributed by atoms with Crippen molar-refractivity contribution < 1.29 is 14.7 Å². The van der Waals surface area contributed by atoms with Crippen LogP contribution in [0.15, 0.2) is 0 Å². The number of carbonyl (C=O) groups excluding carboxylic acids is 1. The van der Waals surface area contributed by atoms with Crippen LogP contribution >= 0.6 is 0 Å². The molecular formula is C11H20N2O3. The lowest BCUT2D eigenvalue weighted by molar-refractivity contribution is -0.137. The molecule has 92 valence electrons. The van der Waals surface area contributed by atoms with E-state index in [0.29, 0.717) is 18.8 Å². The zero-order valence-electron chi connectivity index (χ0n) is 9.61. The molecule has 2 atom stereocenters. The summed E-state index contributed by atoms with van der Waals surface area (Å²) in [6.07, 6.45) is 3.07. The van der Waals surface area contributed by atoms with Crippen molar-refractivity contribution in [2.45, 2.75) is 51.1 Å².